The predicted octanol–water partition coefficient (Wildman–Crippen LogP) is 7.69. The SMILES string of the molecule is N#Cc1cccc(-c2cccc3c2Oc2ccccc2C32c3ccccc3-c3ccccc32)c1. The van der Waals surface area contributed by atoms with Gasteiger partial charge in [-0.05, 0) is 46.0 Å². The van der Waals surface area contributed by atoms with Crippen molar-refractivity contribution in [1.29, 1.82) is 5.26 Å². The van der Waals surface area contributed by atoms with Gasteiger partial charge in [0.1, 0.15) is 11.5 Å². The summed E-state index contributed by atoms with van der Waals surface area (Å²) in [4.78, 5) is 0. The van der Waals surface area contributed by atoms with Crippen LogP contribution in [0.2, 0.25) is 0 Å². The molecule has 7 rings (SSSR count). The third kappa shape index (κ3) is 2.33. The van der Waals surface area contributed by atoms with Crippen molar-refractivity contribution in [2.24, 2.45) is 0 Å². The predicted molar refractivity (Wildman–Crippen MR) is 134 cm³/mol. The monoisotopic (exact) mass is 433 g/mol. The van der Waals surface area contributed by atoms with E-state index in [1.807, 2.05) is 30.3 Å². The van der Waals surface area contributed by atoms with E-state index in [0.29, 0.717) is 5.56 Å². The second-order valence-electron chi connectivity index (χ2n) is 8.81. The molecule has 0 atom stereocenters. The maximum atomic E-state index is 9.48. The Morgan fingerprint density at radius 1 is 0.559 bits per heavy atom. The van der Waals surface area contributed by atoms with Crippen molar-refractivity contribution in [2.45, 2.75) is 5.41 Å². The molecule has 0 aromatic heterocycles. The van der Waals surface area contributed by atoms with Gasteiger partial charge in [-0.2, -0.15) is 5.26 Å². The van der Waals surface area contributed by atoms with Crippen LogP contribution in [0.4, 0.5) is 0 Å². The Kier molecular flexibility index (Phi) is 3.86. The first kappa shape index (κ1) is 18.9. The summed E-state index contributed by atoms with van der Waals surface area (Å²) >= 11 is 0. The van der Waals surface area contributed by atoms with Crippen molar-refractivity contribution in [1.82, 2.24) is 0 Å². The van der Waals surface area contributed by atoms with Crippen molar-refractivity contribution in [2.75, 3.05) is 0 Å². The molecule has 0 radical (unpaired) electrons. The van der Waals surface area contributed by atoms with Gasteiger partial charge in [0.15, 0.2) is 0 Å². The summed E-state index contributed by atoms with van der Waals surface area (Å²) in [5, 5.41) is 9.48. The third-order valence-electron chi connectivity index (χ3n) is 7.18. The molecule has 1 heterocycles. The molecule has 1 aliphatic heterocycles. The van der Waals surface area contributed by atoms with Crippen molar-refractivity contribution in [3.05, 3.63) is 143 Å². The molecule has 0 amide bonds. The molecule has 158 valence electrons. The first-order valence-electron chi connectivity index (χ1n) is 11.4. The van der Waals surface area contributed by atoms with Gasteiger partial charge in [0.05, 0.1) is 17.0 Å². The number of nitriles is 1. The molecule has 1 aliphatic carbocycles. The third-order valence-corrected chi connectivity index (χ3v) is 7.18. The van der Waals surface area contributed by atoms with E-state index in [0.717, 1.165) is 33.8 Å². The molecule has 0 saturated heterocycles. The first-order valence-corrected chi connectivity index (χ1v) is 11.4. The minimum absolute atomic E-state index is 0.472. The normalized spacial score (nSPS) is 13.7. The van der Waals surface area contributed by atoms with Gasteiger partial charge in [-0.3, -0.25) is 0 Å². The zero-order chi connectivity index (χ0) is 22.7. The van der Waals surface area contributed by atoms with E-state index in [1.54, 1.807) is 0 Å². The zero-order valence-electron chi connectivity index (χ0n) is 18.3. The maximum absolute atomic E-state index is 9.48. The number of nitrogens with zero attached hydrogens (tertiary/aromatic N) is 1. The van der Waals surface area contributed by atoms with Crippen molar-refractivity contribution in [3.63, 3.8) is 0 Å². The molecule has 0 fully saturated rings. The fourth-order valence-corrected chi connectivity index (χ4v) is 5.86. The van der Waals surface area contributed by atoms with Crippen LogP contribution in [-0.4, -0.2) is 0 Å². The summed E-state index contributed by atoms with van der Waals surface area (Å²) < 4.78 is 6.67. The van der Waals surface area contributed by atoms with Crippen LogP contribution in [0.15, 0.2) is 115 Å². The minimum atomic E-state index is -0.472. The highest BCUT2D eigenvalue weighted by Crippen LogP contribution is 2.62. The molecule has 2 heteroatoms. The van der Waals surface area contributed by atoms with E-state index in [4.69, 9.17) is 4.74 Å². The number of fused-ring (bicyclic) bond motifs is 9. The van der Waals surface area contributed by atoms with E-state index in [9.17, 15) is 5.26 Å². The Balaban J connectivity index is 1.63. The highest BCUT2D eigenvalue weighted by Gasteiger charge is 2.51. The van der Waals surface area contributed by atoms with E-state index < -0.39 is 5.41 Å². The van der Waals surface area contributed by atoms with Crippen molar-refractivity contribution >= 4 is 0 Å². The van der Waals surface area contributed by atoms with Crippen molar-refractivity contribution < 1.29 is 4.74 Å². The van der Waals surface area contributed by atoms with Gasteiger partial charge in [0, 0.05) is 16.7 Å². The van der Waals surface area contributed by atoms with Gasteiger partial charge in [0.25, 0.3) is 0 Å². The molecule has 5 aromatic rings. The Labute approximate surface area is 198 Å². The van der Waals surface area contributed by atoms with Crippen molar-refractivity contribution in [3.8, 4) is 39.8 Å². The molecule has 2 nitrogen and oxygen atoms in total. The summed E-state index contributed by atoms with van der Waals surface area (Å²) in [7, 11) is 0. The topological polar surface area (TPSA) is 33.0 Å². The molecule has 0 N–H and O–H groups in total. The summed E-state index contributed by atoms with van der Waals surface area (Å²) in [5.41, 5.74) is 9.49. The van der Waals surface area contributed by atoms with Crippen LogP contribution in [-0.2, 0) is 5.41 Å². The molecule has 2 aliphatic rings. The van der Waals surface area contributed by atoms with Gasteiger partial charge in [-0.1, -0.05) is 97.1 Å². The lowest BCUT2D eigenvalue weighted by Gasteiger charge is -2.40. The summed E-state index contributed by atoms with van der Waals surface area (Å²) in [6.07, 6.45) is 0. The molecule has 34 heavy (non-hydrogen) atoms. The molecule has 0 unspecified atom stereocenters. The van der Waals surface area contributed by atoms with E-state index in [-0.39, 0.29) is 0 Å². The maximum Gasteiger partial charge on any atom is 0.140 e. The second-order valence-corrected chi connectivity index (χ2v) is 8.81. The number of rotatable bonds is 1. The molecule has 5 aromatic carbocycles. The van der Waals surface area contributed by atoms with E-state index in [2.05, 4.69) is 91.0 Å². The lowest BCUT2D eigenvalue weighted by Crippen LogP contribution is -2.32. The highest BCUT2D eigenvalue weighted by atomic mass is 16.5. The quantitative estimate of drug-likeness (QED) is 0.266. The van der Waals surface area contributed by atoms with E-state index in [1.165, 1.54) is 22.3 Å². The Bertz CT molecular complexity index is 1610. The summed E-state index contributed by atoms with van der Waals surface area (Å²) in [5.74, 6) is 1.72. The van der Waals surface area contributed by atoms with Crippen LogP contribution in [0.3, 0.4) is 0 Å². The summed E-state index contributed by atoms with van der Waals surface area (Å²) in [6.45, 7) is 0. The van der Waals surface area contributed by atoms with Crippen LogP contribution in [0.1, 0.15) is 27.8 Å². The molecule has 0 bridgehead atoms. The number of hydrogen-bond donors (Lipinski definition) is 0. The lowest BCUT2D eigenvalue weighted by molar-refractivity contribution is 0.438. The second kappa shape index (κ2) is 6.94. The van der Waals surface area contributed by atoms with Gasteiger partial charge >= 0.3 is 0 Å². The summed E-state index contributed by atoms with van der Waals surface area (Å²) in [6, 6.07) is 42.2. The molecular formula is C32H19NO. The molecular weight excluding hydrogens is 414 g/mol. The first-order chi connectivity index (χ1) is 16.8. The number of para-hydroxylation sites is 2. The van der Waals surface area contributed by atoms with Crippen LogP contribution in [0.25, 0.3) is 22.3 Å². The number of hydrogen-bond acceptors (Lipinski definition) is 2. The Hall–Kier alpha value is -4.61. The average molecular weight is 434 g/mol. The van der Waals surface area contributed by atoms with Crippen LogP contribution >= 0.6 is 0 Å². The average Bonchev–Trinajstić information content (AvgIpc) is 3.20. The largest absolute Gasteiger partial charge is 0.456 e. The van der Waals surface area contributed by atoms with Gasteiger partial charge < -0.3 is 4.74 Å². The Morgan fingerprint density at radius 2 is 1.15 bits per heavy atom. The van der Waals surface area contributed by atoms with Crippen LogP contribution < -0.4 is 4.74 Å². The zero-order valence-corrected chi connectivity index (χ0v) is 18.3. The van der Waals surface area contributed by atoms with Gasteiger partial charge in [0.2, 0.25) is 0 Å². The fourth-order valence-electron chi connectivity index (χ4n) is 5.86. The van der Waals surface area contributed by atoms with Gasteiger partial charge in [-0.25, -0.2) is 0 Å². The van der Waals surface area contributed by atoms with Crippen LogP contribution in [0, 0.1) is 11.3 Å². The lowest BCUT2D eigenvalue weighted by atomic mass is 9.65. The standard InChI is InChI=1S/C32H19NO/c33-20-21-9-7-10-22(19-21)23-13-8-17-29-31(23)34-30-18-6-5-16-28(30)32(29)26-14-3-1-11-24(26)25-12-2-4-15-27(25)32/h1-19H. The fraction of sp³-hybridized carbons (Fsp3) is 0.0312. The smallest absolute Gasteiger partial charge is 0.140 e. The van der Waals surface area contributed by atoms with Crippen LogP contribution in [0.5, 0.6) is 11.5 Å². The molecule has 0 saturated carbocycles. The minimum Gasteiger partial charge on any atom is -0.456 e. The Morgan fingerprint density at radius 3 is 1.88 bits per heavy atom. The van der Waals surface area contributed by atoms with Gasteiger partial charge in [-0.15, -0.1) is 0 Å². The highest BCUT2D eigenvalue weighted by molar-refractivity contribution is 5.90. The molecule has 1 spiro atoms. The van der Waals surface area contributed by atoms with E-state index >= 15 is 0 Å². The number of ether oxygens (including phenoxy) is 1. The number of benzene rings is 5.